The van der Waals surface area contributed by atoms with Crippen molar-refractivity contribution in [2.45, 2.75) is 24.5 Å². The number of ether oxygens (including phenoxy) is 1. The Labute approximate surface area is 146 Å². The molecule has 126 valence electrons. The molecule has 0 spiro atoms. The SMILES string of the molecule is O=[N+]([O-])c1ccc(COC(c2cccnc2)N2CC[C@H](S)C2)cc1. The van der Waals surface area contributed by atoms with Crippen LogP contribution < -0.4 is 0 Å². The van der Waals surface area contributed by atoms with Gasteiger partial charge < -0.3 is 4.74 Å². The topological polar surface area (TPSA) is 68.5 Å². The third-order valence-corrected chi connectivity index (χ3v) is 4.47. The number of hydrogen-bond donors (Lipinski definition) is 1. The lowest BCUT2D eigenvalue weighted by Crippen LogP contribution is -2.29. The summed E-state index contributed by atoms with van der Waals surface area (Å²) in [5.74, 6) is 0. The lowest BCUT2D eigenvalue weighted by atomic mass is 10.2. The van der Waals surface area contributed by atoms with Gasteiger partial charge in [-0.25, -0.2) is 0 Å². The number of aromatic nitrogens is 1. The van der Waals surface area contributed by atoms with Gasteiger partial charge in [-0.05, 0) is 30.2 Å². The van der Waals surface area contributed by atoms with Crippen molar-refractivity contribution in [3.8, 4) is 0 Å². The lowest BCUT2D eigenvalue weighted by molar-refractivity contribution is -0.384. The van der Waals surface area contributed by atoms with Crippen LogP contribution in [0.3, 0.4) is 0 Å². The Morgan fingerprint density at radius 3 is 2.75 bits per heavy atom. The highest BCUT2D eigenvalue weighted by atomic mass is 32.1. The van der Waals surface area contributed by atoms with Crippen molar-refractivity contribution in [1.82, 2.24) is 9.88 Å². The molecule has 1 aromatic carbocycles. The maximum absolute atomic E-state index is 10.7. The molecule has 1 aliphatic heterocycles. The Kier molecular flexibility index (Phi) is 5.44. The molecule has 24 heavy (non-hydrogen) atoms. The summed E-state index contributed by atoms with van der Waals surface area (Å²) < 4.78 is 6.13. The van der Waals surface area contributed by atoms with E-state index in [9.17, 15) is 10.1 Å². The second kappa shape index (κ2) is 7.74. The Morgan fingerprint density at radius 1 is 1.38 bits per heavy atom. The maximum atomic E-state index is 10.7. The fourth-order valence-corrected chi connectivity index (χ4v) is 3.13. The summed E-state index contributed by atoms with van der Waals surface area (Å²) in [5, 5.41) is 11.1. The van der Waals surface area contributed by atoms with Crippen LogP contribution in [-0.2, 0) is 11.3 Å². The predicted molar refractivity (Wildman–Crippen MR) is 93.8 cm³/mol. The van der Waals surface area contributed by atoms with Crippen LogP contribution in [0.2, 0.25) is 0 Å². The van der Waals surface area contributed by atoms with Crippen LogP contribution >= 0.6 is 12.6 Å². The quantitative estimate of drug-likeness (QED) is 0.495. The largest absolute Gasteiger partial charge is 0.354 e. The number of non-ortho nitro benzene ring substituents is 1. The van der Waals surface area contributed by atoms with Crippen LogP contribution in [0.25, 0.3) is 0 Å². The molecule has 2 heterocycles. The fourth-order valence-electron chi connectivity index (χ4n) is 2.80. The van der Waals surface area contributed by atoms with E-state index in [2.05, 4.69) is 22.5 Å². The van der Waals surface area contributed by atoms with E-state index >= 15 is 0 Å². The number of likely N-dealkylation sites (tertiary alicyclic amines) is 1. The van der Waals surface area contributed by atoms with E-state index < -0.39 is 4.92 Å². The van der Waals surface area contributed by atoms with E-state index in [4.69, 9.17) is 4.74 Å². The van der Waals surface area contributed by atoms with Crippen molar-refractivity contribution in [2.24, 2.45) is 0 Å². The number of nitro benzene ring substituents is 1. The number of pyridine rings is 1. The van der Waals surface area contributed by atoms with Gasteiger partial charge in [0.05, 0.1) is 11.5 Å². The molecular formula is C17H19N3O3S. The Hall–Kier alpha value is -1.96. The Bertz CT molecular complexity index is 681. The molecule has 0 saturated carbocycles. The number of thiol groups is 1. The first kappa shape index (κ1) is 16.9. The summed E-state index contributed by atoms with van der Waals surface area (Å²) in [7, 11) is 0. The number of benzene rings is 1. The van der Waals surface area contributed by atoms with Gasteiger partial charge in [-0.2, -0.15) is 12.6 Å². The zero-order valence-electron chi connectivity index (χ0n) is 13.1. The summed E-state index contributed by atoms with van der Waals surface area (Å²) in [5.41, 5.74) is 1.98. The van der Waals surface area contributed by atoms with Gasteiger partial charge >= 0.3 is 0 Å². The first-order valence-electron chi connectivity index (χ1n) is 7.80. The molecule has 0 radical (unpaired) electrons. The van der Waals surface area contributed by atoms with Crippen molar-refractivity contribution in [3.63, 3.8) is 0 Å². The molecule has 6 nitrogen and oxygen atoms in total. The molecule has 2 atom stereocenters. The van der Waals surface area contributed by atoms with Crippen molar-refractivity contribution in [2.75, 3.05) is 13.1 Å². The van der Waals surface area contributed by atoms with Gasteiger partial charge in [-0.1, -0.05) is 6.07 Å². The first-order valence-corrected chi connectivity index (χ1v) is 8.32. The van der Waals surface area contributed by atoms with Gasteiger partial charge in [0.2, 0.25) is 0 Å². The highest BCUT2D eigenvalue weighted by Gasteiger charge is 2.28. The molecule has 3 rings (SSSR count). The average molecular weight is 345 g/mol. The van der Waals surface area contributed by atoms with Crippen molar-refractivity contribution < 1.29 is 9.66 Å². The molecule has 1 saturated heterocycles. The molecule has 0 amide bonds. The van der Waals surface area contributed by atoms with Crippen molar-refractivity contribution in [1.29, 1.82) is 0 Å². The monoisotopic (exact) mass is 345 g/mol. The van der Waals surface area contributed by atoms with Crippen LogP contribution in [0, 0.1) is 10.1 Å². The minimum atomic E-state index is -0.403. The van der Waals surface area contributed by atoms with E-state index in [1.165, 1.54) is 12.1 Å². The number of nitro groups is 1. The number of hydrogen-bond acceptors (Lipinski definition) is 6. The third kappa shape index (κ3) is 4.11. The molecule has 1 aromatic heterocycles. The fraction of sp³-hybridized carbons (Fsp3) is 0.353. The van der Waals surface area contributed by atoms with Crippen molar-refractivity contribution in [3.05, 3.63) is 70.0 Å². The van der Waals surface area contributed by atoms with E-state index in [-0.39, 0.29) is 11.9 Å². The summed E-state index contributed by atoms with van der Waals surface area (Å²) in [6.07, 6.45) is 4.39. The van der Waals surface area contributed by atoms with E-state index in [0.717, 1.165) is 30.6 Å². The molecular weight excluding hydrogens is 326 g/mol. The summed E-state index contributed by atoms with van der Waals surface area (Å²) >= 11 is 4.55. The summed E-state index contributed by atoms with van der Waals surface area (Å²) in [6.45, 7) is 2.17. The maximum Gasteiger partial charge on any atom is 0.269 e. The summed E-state index contributed by atoms with van der Waals surface area (Å²) in [4.78, 5) is 16.8. The van der Waals surface area contributed by atoms with Gasteiger partial charge in [-0.3, -0.25) is 20.0 Å². The van der Waals surface area contributed by atoms with Crippen LogP contribution in [0.15, 0.2) is 48.8 Å². The molecule has 0 bridgehead atoms. The van der Waals surface area contributed by atoms with Gasteiger partial charge in [0.25, 0.3) is 5.69 Å². The van der Waals surface area contributed by atoms with Gasteiger partial charge in [-0.15, -0.1) is 0 Å². The van der Waals surface area contributed by atoms with Crippen LogP contribution in [0.4, 0.5) is 5.69 Å². The summed E-state index contributed by atoms with van der Waals surface area (Å²) in [6, 6.07) is 10.3. The molecule has 7 heteroatoms. The van der Waals surface area contributed by atoms with E-state index in [0.29, 0.717) is 11.9 Å². The van der Waals surface area contributed by atoms with Crippen LogP contribution in [0.1, 0.15) is 23.8 Å². The number of nitrogens with zero attached hydrogens (tertiary/aromatic N) is 3. The number of rotatable bonds is 6. The molecule has 1 aliphatic rings. The standard InChI is InChI=1S/C17H19N3O3S/c21-20(22)15-5-3-13(4-6-15)12-23-17(14-2-1-8-18-10-14)19-9-7-16(24)11-19/h1-6,8,10,16-17,24H,7,9,11-12H2/t16-,17?/m0/s1. The van der Waals surface area contributed by atoms with Crippen LogP contribution in [-0.4, -0.2) is 33.1 Å². The highest BCUT2D eigenvalue weighted by molar-refractivity contribution is 7.81. The predicted octanol–water partition coefficient (Wildman–Crippen LogP) is 3.21. The molecule has 1 unspecified atom stereocenters. The average Bonchev–Trinajstić information content (AvgIpc) is 3.02. The van der Waals surface area contributed by atoms with E-state index in [1.54, 1.807) is 18.3 Å². The smallest absolute Gasteiger partial charge is 0.269 e. The second-order valence-electron chi connectivity index (χ2n) is 5.81. The molecule has 0 N–H and O–H groups in total. The first-order chi connectivity index (χ1) is 11.6. The minimum Gasteiger partial charge on any atom is -0.354 e. The zero-order chi connectivity index (χ0) is 16.9. The second-order valence-corrected chi connectivity index (χ2v) is 6.54. The third-order valence-electron chi connectivity index (χ3n) is 4.05. The molecule has 1 fully saturated rings. The normalized spacial score (nSPS) is 19.3. The Morgan fingerprint density at radius 2 is 2.17 bits per heavy atom. The lowest BCUT2D eigenvalue weighted by Gasteiger charge is -2.28. The van der Waals surface area contributed by atoms with E-state index in [1.807, 2.05) is 18.3 Å². The van der Waals surface area contributed by atoms with Gasteiger partial charge in [0.15, 0.2) is 0 Å². The van der Waals surface area contributed by atoms with Gasteiger partial charge in [0.1, 0.15) is 6.23 Å². The van der Waals surface area contributed by atoms with Crippen molar-refractivity contribution >= 4 is 18.3 Å². The zero-order valence-corrected chi connectivity index (χ0v) is 14.0. The highest BCUT2D eigenvalue weighted by Crippen LogP contribution is 2.28. The molecule has 0 aliphatic carbocycles. The Balaban J connectivity index is 1.71. The van der Waals surface area contributed by atoms with Gasteiger partial charge in [0, 0.05) is 48.4 Å². The van der Waals surface area contributed by atoms with Crippen LogP contribution in [0.5, 0.6) is 0 Å². The minimum absolute atomic E-state index is 0.0833. The molecule has 2 aromatic rings.